The van der Waals surface area contributed by atoms with Crippen molar-refractivity contribution in [2.75, 3.05) is 18.9 Å². The lowest BCUT2D eigenvalue weighted by Crippen LogP contribution is -2.13. The van der Waals surface area contributed by atoms with Gasteiger partial charge in [-0.3, -0.25) is 9.52 Å². The summed E-state index contributed by atoms with van der Waals surface area (Å²) in [5.74, 6) is 0.749. The first-order valence-electron chi connectivity index (χ1n) is 7.72. The highest BCUT2D eigenvalue weighted by Crippen LogP contribution is 2.30. The number of aryl methyl sites for hydroxylation is 1. The Morgan fingerprint density at radius 3 is 2.38 bits per heavy atom. The topological polar surface area (TPSA) is 97.5 Å². The van der Waals surface area contributed by atoms with Crippen molar-refractivity contribution in [3.8, 4) is 11.5 Å². The Balaban J connectivity index is 1.98. The lowest BCUT2D eigenvalue weighted by molar-refractivity contribution is 0.354. The van der Waals surface area contributed by atoms with E-state index in [1.807, 2.05) is 0 Å². The van der Waals surface area contributed by atoms with Gasteiger partial charge in [-0.25, -0.2) is 8.42 Å². The number of hydrogen-bond donors (Lipinski definition) is 2. The van der Waals surface area contributed by atoms with E-state index in [0.29, 0.717) is 28.3 Å². The molecule has 0 aliphatic heterocycles. The quantitative estimate of drug-likeness (QED) is 0.715. The van der Waals surface area contributed by atoms with Crippen molar-refractivity contribution >= 4 is 26.6 Å². The Bertz CT molecular complexity index is 1140. The first-order valence-corrected chi connectivity index (χ1v) is 9.21. The van der Waals surface area contributed by atoms with E-state index in [-0.39, 0.29) is 10.5 Å². The maximum atomic E-state index is 12.6. The molecule has 0 aliphatic carbocycles. The van der Waals surface area contributed by atoms with E-state index in [1.165, 1.54) is 32.4 Å². The van der Waals surface area contributed by atoms with Crippen LogP contribution in [0.5, 0.6) is 11.5 Å². The average molecular weight is 374 g/mol. The fourth-order valence-corrected chi connectivity index (χ4v) is 3.64. The van der Waals surface area contributed by atoms with Crippen LogP contribution in [0.2, 0.25) is 0 Å². The van der Waals surface area contributed by atoms with Crippen molar-refractivity contribution in [3.05, 3.63) is 58.4 Å². The van der Waals surface area contributed by atoms with E-state index in [2.05, 4.69) is 9.71 Å². The van der Waals surface area contributed by atoms with Gasteiger partial charge in [0.05, 0.1) is 30.3 Å². The molecule has 2 N–H and O–H groups in total. The summed E-state index contributed by atoms with van der Waals surface area (Å²) in [7, 11) is -0.927. The number of methoxy groups -OCH3 is 2. The van der Waals surface area contributed by atoms with Crippen molar-refractivity contribution in [3.63, 3.8) is 0 Å². The van der Waals surface area contributed by atoms with Crippen LogP contribution in [0.1, 0.15) is 5.56 Å². The number of nitrogens with one attached hydrogen (secondary N) is 2. The summed E-state index contributed by atoms with van der Waals surface area (Å²) in [4.78, 5) is 14.5. The Morgan fingerprint density at radius 1 is 0.962 bits per heavy atom. The predicted octanol–water partition coefficient (Wildman–Crippen LogP) is 2.65. The first kappa shape index (κ1) is 17.8. The minimum Gasteiger partial charge on any atom is -0.493 e. The third-order valence-electron chi connectivity index (χ3n) is 3.95. The van der Waals surface area contributed by atoms with Gasteiger partial charge in [0.25, 0.3) is 15.6 Å². The number of sulfonamides is 1. The Kier molecular flexibility index (Phi) is 4.60. The van der Waals surface area contributed by atoms with Gasteiger partial charge in [-0.2, -0.15) is 0 Å². The van der Waals surface area contributed by atoms with E-state index in [9.17, 15) is 13.2 Å². The maximum absolute atomic E-state index is 12.6. The molecule has 0 radical (unpaired) electrons. The zero-order chi connectivity index (χ0) is 18.9. The number of aromatic nitrogens is 1. The highest BCUT2D eigenvalue weighted by molar-refractivity contribution is 7.92. The highest BCUT2D eigenvalue weighted by Gasteiger charge is 2.17. The van der Waals surface area contributed by atoms with Gasteiger partial charge < -0.3 is 14.5 Å². The molecule has 1 heterocycles. The van der Waals surface area contributed by atoms with Crippen LogP contribution in [-0.4, -0.2) is 27.6 Å². The molecule has 7 nitrogen and oxygen atoms in total. The second-order valence-electron chi connectivity index (χ2n) is 5.71. The lowest BCUT2D eigenvalue weighted by atomic mass is 10.1. The molecular weight excluding hydrogens is 356 g/mol. The van der Waals surface area contributed by atoms with Crippen LogP contribution in [0.4, 0.5) is 5.69 Å². The molecule has 26 heavy (non-hydrogen) atoms. The molecule has 0 bridgehead atoms. The number of anilines is 1. The van der Waals surface area contributed by atoms with Crippen LogP contribution >= 0.6 is 0 Å². The third kappa shape index (κ3) is 3.36. The minimum absolute atomic E-state index is 0.0349. The zero-order valence-electron chi connectivity index (χ0n) is 14.5. The molecule has 8 heteroatoms. The van der Waals surface area contributed by atoms with Gasteiger partial charge in [-0.15, -0.1) is 0 Å². The van der Waals surface area contributed by atoms with Crippen molar-refractivity contribution in [1.82, 2.24) is 4.98 Å². The molecule has 3 aromatic rings. The standard InChI is InChI=1S/C18H18N2O5S/c1-11-8-12-4-5-13(9-15(12)19-18(11)21)20-26(22,23)14-6-7-16(24-2)17(10-14)25-3/h4-10,20H,1-3H3,(H,19,21). The van der Waals surface area contributed by atoms with Crippen LogP contribution in [0.3, 0.4) is 0 Å². The summed E-state index contributed by atoms with van der Waals surface area (Å²) < 4.78 is 38.1. The van der Waals surface area contributed by atoms with Gasteiger partial charge in [0.1, 0.15) is 0 Å². The second-order valence-corrected chi connectivity index (χ2v) is 7.39. The SMILES string of the molecule is COc1ccc(S(=O)(=O)Nc2ccc3cc(C)c(=O)[nH]c3c2)cc1OC. The summed E-state index contributed by atoms with van der Waals surface area (Å²) in [6.45, 7) is 1.71. The Morgan fingerprint density at radius 2 is 1.69 bits per heavy atom. The van der Waals surface area contributed by atoms with Gasteiger partial charge in [-0.1, -0.05) is 6.07 Å². The molecule has 1 aromatic heterocycles. The number of H-pyrrole nitrogens is 1. The largest absolute Gasteiger partial charge is 0.493 e. The van der Waals surface area contributed by atoms with Gasteiger partial charge in [-0.05, 0) is 42.6 Å². The summed E-state index contributed by atoms with van der Waals surface area (Å²) in [5.41, 5.74) is 1.27. The fourth-order valence-electron chi connectivity index (χ4n) is 2.57. The molecule has 0 aliphatic rings. The maximum Gasteiger partial charge on any atom is 0.262 e. The average Bonchev–Trinajstić information content (AvgIpc) is 2.62. The van der Waals surface area contributed by atoms with Crippen molar-refractivity contribution in [2.24, 2.45) is 0 Å². The molecule has 0 saturated carbocycles. The number of rotatable bonds is 5. The zero-order valence-corrected chi connectivity index (χ0v) is 15.3. The first-order chi connectivity index (χ1) is 12.3. The second kappa shape index (κ2) is 6.72. The van der Waals surface area contributed by atoms with Crippen molar-refractivity contribution in [2.45, 2.75) is 11.8 Å². The number of benzene rings is 2. The highest BCUT2D eigenvalue weighted by atomic mass is 32.2. The Hall–Kier alpha value is -3.00. The van der Waals surface area contributed by atoms with E-state index < -0.39 is 10.0 Å². The fraction of sp³-hybridized carbons (Fsp3) is 0.167. The predicted molar refractivity (Wildman–Crippen MR) is 99.7 cm³/mol. The minimum atomic E-state index is -3.84. The van der Waals surface area contributed by atoms with Crippen LogP contribution in [0, 0.1) is 6.92 Å². The van der Waals surface area contributed by atoms with Gasteiger partial charge >= 0.3 is 0 Å². The number of ether oxygens (including phenoxy) is 2. The molecular formula is C18H18N2O5S. The molecule has 136 valence electrons. The summed E-state index contributed by atoms with van der Waals surface area (Å²) in [6, 6.07) is 11.0. The Labute approximate surface area is 150 Å². The third-order valence-corrected chi connectivity index (χ3v) is 5.33. The molecule has 2 aromatic carbocycles. The summed E-state index contributed by atoms with van der Waals surface area (Å²) in [6.07, 6.45) is 0. The smallest absolute Gasteiger partial charge is 0.262 e. The summed E-state index contributed by atoms with van der Waals surface area (Å²) in [5, 5.41) is 0.816. The van der Waals surface area contributed by atoms with Crippen molar-refractivity contribution < 1.29 is 17.9 Å². The van der Waals surface area contributed by atoms with Crippen LogP contribution in [0.25, 0.3) is 10.9 Å². The van der Waals surface area contributed by atoms with Crippen LogP contribution < -0.4 is 19.8 Å². The van der Waals surface area contributed by atoms with Crippen LogP contribution in [0.15, 0.2) is 52.2 Å². The number of aromatic amines is 1. The van der Waals surface area contributed by atoms with Gasteiger partial charge in [0.15, 0.2) is 11.5 Å². The van der Waals surface area contributed by atoms with Gasteiger partial charge in [0.2, 0.25) is 0 Å². The van der Waals surface area contributed by atoms with Crippen molar-refractivity contribution in [1.29, 1.82) is 0 Å². The van der Waals surface area contributed by atoms with Crippen LogP contribution in [-0.2, 0) is 10.0 Å². The number of pyridine rings is 1. The summed E-state index contributed by atoms with van der Waals surface area (Å²) >= 11 is 0. The molecule has 0 atom stereocenters. The normalized spacial score (nSPS) is 11.3. The monoisotopic (exact) mass is 374 g/mol. The van der Waals surface area contributed by atoms with E-state index in [0.717, 1.165) is 5.39 Å². The molecule has 0 saturated heterocycles. The molecule has 0 spiro atoms. The molecule has 3 rings (SSSR count). The van der Waals surface area contributed by atoms with Gasteiger partial charge in [0, 0.05) is 11.6 Å². The number of fused-ring (bicyclic) bond motifs is 1. The molecule has 0 unspecified atom stereocenters. The van der Waals surface area contributed by atoms with E-state index in [1.54, 1.807) is 31.2 Å². The number of hydrogen-bond acceptors (Lipinski definition) is 5. The molecule has 0 amide bonds. The lowest BCUT2D eigenvalue weighted by Gasteiger charge is -2.12. The van der Waals surface area contributed by atoms with E-state index >= 15 is 0 Å². The molecule has 0 fully saturated rings. The van der Waals surface area contributed by atoms with E-state index in [4.69, 9.17) is 9.47 Å².